The van der Waals surface area contributed by atoms with E-state index in [-0.39, 0.29) is 28.6 Å². The maximum atomic E-state index is 13.4. The van der Waals surface area contributed by atoms with Gasteiger partial charge in [-0.05, 0) is 52.2 Å². The number of carbonyl (C=O) groups is 1. The minimum atomic E-state index is -0.239. The summed E-state index contributed by atoms with van der Waals surface area (Å²) in [5, 5.41) is 12.4. The number of hydrogen-bond acceptors (Lipinski definition) is 4. The molecule has 1 fully saturated rings. The third-order valence-electron chi connectivity index (χ3n) is 5.78. The van der Waals surface area contributed by atoms with Gasteiger partial charge in [0.2, 0.25) is 0 Å². The topological polar surface area (TPSA) is 76.0 Å². The Kier molecular flexibility index (Phi) is 5.43. The van der Waals surface area contributed by atoms with Crippen LogP contribution >= 0.6 is 0 Å². The summed E-state index contributed by atoms with van der Waals surface area (Å²) in [5.41, 5.74) is 0.892. The summed E-state index contributed by atoms with van der Waals surface area (Å²) in [6.45, 7) is 8.93. The molecular weight excluding hydrogens is 388 g/mol. The number of amides is 1. The highest BCUT2D eigenvalue weighted by Gasteiger charge is 2.38. The standard InChI is InChI=1S/C25H30N4O2/c1-24(2)14-18(15-25(3,4)28-24)26-22(30)21-19-12-8-9-13-20(19)23(31)29(27-21)16-17-10-6-5-7-11-17/h5-13,18,28H,14-16H2,1-4H3,(H,26,30). The van der Waals surface area contributed by atoms with Crippen LogP contribution in [-0.2, 0) is 6.54 Å². The van der Waals surface area contributed by atoms with Crippen LogP contribution < -0.4 is 16.2 Å². The molecule has 2 N–H and O–H groups in total. The van der Waals surface area contributed by atoms with Crippen LogP contribution in [0.4, 0.5) is 0 Å². The van der Waals surface area contributed by atoms with Crippen LogP contribution in [-0.4, -0.2) is 32.8 Å². The first-order chi connectivity index (χ1) is 14.6. The van der Waals surface area contributed by atoms with Gasteiger partial charge in [-0.2, -0.15) is 5.10 Å². The molecule has 4 rings (SSSR count). The first kappa shape index (κ1) is 21.2. The van der Waals surface area contributed by atoms with Gasteiger partial charge in [0.1, 0.15) is 0 Å². The molecule has 3 aromatic rings. The van der Waals surface area contributed by atoms with Crippen LogP contribution in [0.2, 0.25) is 0 Å². The molecule has 1 aliphatic rings. The molecular formula is C25H30N4O2. The number of benzene rings is 2. The Morgan fingerprint density at radius 3 is 2.23 bits per heavy atom. The third-order valence-corrected chi connectivity index (χ3v) is 5.78. The summed E-state index contributed by atoms with van der Waals surface area (Å²) in [7, 11) is 0. The molecule has 0 saturated carbocycles. The molecule has 162 valence electrons. The fraction of sp³-hybridized carbons (Fsp3) is 0.400. The molecule has 1 saturated heterocycles. The number of aromatic nitrogens is 2. The largest absolute Gasteiger partial charge is 0.348 e. The second-order valence-corrected chi connectivity index (χ2v) is 9.81. The summed E-state index contributed by atoms with van der Waals surface area (Å²) >= 11 is 0. The highest BCUT2D eigenvalue weighted by atomic mass is 16.2. The molecule has 6 heteroatoms. The summed E-state index contributed by atoms with van der Waals surface area (Å²) in [6.07, 6.45) is 1.65. The number of carbonyl (C=O) groups excluding carboxylic acids is 1. The van der Waals surface area contributed by atoms with Gasteiger partial charge in [-0.25, -0.2) is 4.68 Å². The Labute approximate surface area is 182 Å². The Bertz CT molecular complexity index is 1150. The van der Waals surface area contributed by atoms with Crippen molar-refractivity contribution in [3.8, 4) is 0 Å². The molecule has 0 unspecified atom stereocenters. The van der Waals surface area contributed by atoms with E-state index in [4.69, 9.17) is 0 Å². The van der Waals surface area contributed by atoms with Crippen LogP contribution in [0.1, 0.15) is 56.6 Å². The van der Waals surface area contributed by atoms with Gasteiger partial charge in [0, 0.05) is 22.5 Å². The van der Waals surface area contributed by atoms with Gasteiger partial charge in [0.15, 0.2) is 5.69 Å². The van der Waals surface area contributed by atoms with E-state index in [1.165, 1.54) is 4.68 Å². The van der Waals surface area contributed by atoms with E-state index in [0.29, 0.717) is 23.0 Å². The number of hydrogen-bond donors (Lipinski definition) is 2. The highest BCUT2D eigenvalue weighted by molar-refractivity contribution is 6.04. The average Bonchev–Trinajstić information content (AvgIpc) is 2.68. The molecule has 6 nitrogen and oxygen atoms in total. The van der Waals surface area contributed by atoms with Crippen molar-refractivity contribution in [1.82, 2.24) is 20.4 Å². The predicted molar refractivity (Wildman–Crippen MR) is 123 cm³/mol. The lowest BCUT2D eigenvalue weighted by Crippen LogP contribution is -2.62. The maximum Gasteiger partial charge on any atom is 0.274 e. The maximum absolute atomic E-state index is 13.4. The summed E-state index contributed by atoms with van der Waals surface area (Å²) in [5.74, 6) is -0.239. The van der Waals surface area contributed by atoms with Crippen molar-refractivity contribution in [1.29, 1.82) is 0 Å². The Morgan fingerprint density at radius 2 is 1.58 bits per heavy atom. The van der Waals surface area contributed by atoms with Gasteiger partial charge < -0.3 is 10.6 Å². The minimum absolute atomic E-state index is 0.0220. The van der Waals surface area contributed by atoms with E-state index in [0.717, 1.165) is 18.4 Å². The van der Waals surface area contributed by atoms with Crippen LogP contribution in [0.5, 0.6) is 0 Å². The zero-order valence-electron chi connectivity index (χ0n) is 18.6. The molecule has 1 aromatic heterocycles. The first-order valence-corrected chi connectivity index (χ1v) is 10.8. The van der Waals surface area contributed by atoms with E-state index in [2.05, 4.69) is 43.4 Å². The Morgan fingerprint density at radius 1 is 1.00 bits per heavy atom. The van der Waals surface area contributed by atoms with Crippen LogP contribution in [0.25, 0.3) is 10.8 Å². The van der Waals surface area contributed by atoms with Crippen molar-refractivity contribution in [2.75, 3.05) is 0 Å². The van der Waals surface area contributed by atoms with Crippen molar-refractivity contribution in [3.63, 3.8) is 0 Å². The SMILES string of the molecule is CC1(C)CC(NC(=O)c2nn(Cc3ccccc3)c(=O)c3ccccc23)CC(C)(C)N1. The van der Waals surface area contributed by atoms with Gasteiger partial charge in [0.25, 0.3) is 11.5 Å². The number of rotatable bonds is 4. The van der Waals surface area contributed by atoms with Gasteiger partial charge in [-0.15, -0.1) is 0 Å². The molecule has 31 heavy (non-hydrogen) atoms. The smallest absolute Gasteiger partial charge is 0.274 e. The number of nitrogens with zero attached hydrogens (tertiary/aromatic N) is 2. The molecule has 1 aliphatic heterocycles. The zero-order chi connectivity index (χ0) is 22.2. The molecule has 0 radical (unpaired) electrons. The van der Waals surface area contributed by atoms with Gasteiger partial charge in [0.05, 0.1) is 11.9 Å². The molecule has 0 atom stereocenters. The first-order valence-electron chi connectivity index (χ1n) is 10.8. The van der Waals surface area contributed by atoms with E-state index >= 15 is 0 Å². The normalized spacial score (nSPS) is 18.1. The lowest BCUT2D eigenvalue weighted by Gasteiger charge is -2.46. The van der Waals surface area contributed by atoms with Gasteiger partial charge >= 0.3 is 0 Å². The summed E-state index contributed by atoms with van der Waals surface area (Å²) in [6, 6.07) is 16.9. The zero-order valence-corrected chi connectivity index (χ0v) is 18.6. The van der Waals surface area contributed by atoms with Crippen LogP contribution in [0.3, 0.4) is 0 Å². The van der Waals surface area contributed by atoms with Crippen molar-refractivity contribution in [3.05, 3.63) is 76.2 Å². The van der Waals surface area contributed by atoms with E-state index in [9.17, 15) is 9.59 Å². The highest BCUT2D eigenvalue weighted by Crippen LogP contribution is 2.28. The van der Waals surface area contributed by atoms with Gasteiger partial charge in [-0.3, -0.25) is 9.59 Å². The molecule has 0 spiro atoms. The van der Waals surface area contributed by atoms with Crippen molar-refractivity contribution >= 4 is 16.7 Å². The lowest BCUT2D eigenvalue weighted by atomic mass is 9.79. The van der Waals surface area contributed by atoms with Crippen molar-refractivity contribution in [2.24, 2.45) is 0 Å². The number of fused-ring (bicyclic) bond motifs is 1. The van der Waals surface area contributed by atoms with Crippen LogP contribution in [0, 0.1) is 0 Å². The van der Waals surface area contributed by atoms with E-state index < -0.39 is 0 Å². The molecule has 2 aromatic carbocycles. The molecule has 0 aliphatic carbocycles. The monoisotopic (exact) mass is 418 g/mol. The van der Waals surface area contributed by atoms with Crippen molar-refractivity contribution in [2.45, 2.75) is 64.2 Å². The quantitative estimate of drug-likeness (QED) is 0.680. The summed E-state index contributed by atoms with van der Waals surface area (Å²) in [4.78, 5) is 26.4. The second-order valence-electron chi connectivity index (χ2n) is 9.81. The lowest BCUT2D eigenvalue weighted by molar-refractivity contribution is 0.0868. The molecule has 2 heterocycles. The van der Waals surface area contributed by atoms with Crippen LogP contribution in [0.15, 0.2) is 59.4 Å². The number of nitrogens with one attached hydrogen (secondary N) is 2. The Hall–Kier alpha value is -2.99. The fourth-order valence-corrected chi connectivity index (χ4v) is 4.94. The molecule has 0 bridgehead atoms. The summed E-state index contributed by atoms with van der Waals surface area (Å²) < 4.78 is 1.39. The van der Waals surface area contributed by atoms with Crippen molar-refractivity contribution < 1.29 is 4.79 Å². The average molecular weight is 419 g/mol. The number of piperidine rings is 1. The predicted octanol–water partition coefficient (Wildman–Crippen LogP) is 3.48. The minimum Gasteiger partial charge on any atom is -0.348 e. The fourth-order valence-electron chi connectivity index (χ4n) is 4.94. The van der Waals surface area contributed by atoms with E-state index in [1.807, 2.05) is 42.5 Å². The Balaban J connectivity index is 1.70. The third kappa shape index (κ3) is 4.69. The van der Waals surface area contributed by atoms with Gasteiger partial charge in [-0.1, -0.05) is 48.5 Å². The van der Waals surface area contributed by atoms with E-state index in [1.54, 1.807) is 12.1 Å². The second kappa shape index (κ2) is 7.93. The molecule has 1 amide bonds.